The lowest BCUT2D eigenvalue weighted by Crippen LogP contribution is -2.24. The van der Waals surface area contributed by atoms with E-state index in [-0.39, 0.29) is 16.4 Å². The lowest BCUT2D eigenvalue weighted by molar-refractivity contribution is 0.0988. The molecule has 0 saturated heterocycles. The minimum absolute atomic E-state index is 0.0242. The second kappa shape index (κ2) is 12.1. The number of H-pyrrole nitrogens is 1. The average Bonchev–Trinajstić information content (AvgIpc) is 3.02. The van der Waals surface area contributed by atoms with Crippen LogP contribution in [0.1, 0.15) is 36.2 Å². The fourth-order valence-corrected chi connectivity index (χ4v) is 6.64. The van der Waals surface area contributed by atoms with Gasteiger partial charge in [-0.3, -0.25) is 9.59 Å². The number of hydrogen-bond acceptors (Lipinski definition) is 6. The summed E-state index contributed by atoms with van der Waals surface area (Å²) in [6, 6.07) is 29.8. The van der Waals surface area contributed by atoms with Gasteiger partial charge in [0.05, 0.1) is 10.6 Å². The maximum Gasteiger partial charge on any atom is 0.271 e. The number of carbonyl (C=O) groups excluding carboxylic acids is 1. The molecule has 0 fully saturated rings. The van der Waals surface area contributed by atoms with E-state index in [4.69, 9.17) is 0 Å². The Morgan fingerprint density at radius 3 is 2.16 bits per heavy atom. The highest BCUT2D eigenvalue weighted by Gasteiger charge is 2.32. The lowest BCUT2D eigenvalue weighted by Gasteiger charge is -2.27. The number of ketones is 1. The van der Waals surface area contributed by atoms with Crippen molar-refractivity contribution < 1.29 is 18.3 Å². The van der Waals surface area contributed by atoms with Gasteiger partial charge in [-0.15, -0.1) is 0 Å². The van der Waals surface area contributed by atoms with Crippen LogP contribution in [0.3, 0.4) is 0 Å². The number of aromatic amines is 1. The largest absolute Gasteiger partial charge is 0.504 e. The van der Waals surface area contributed by atoms with Crippen LogP contribution >= 0.6 is 0 Å². The molecule has 1 aromatic heterocycles. The second-order valence-electron chi connectivity index (χ2n) is 10.2. The molecule has 0 aliphatic rings. The van der Waals surface area contributed by atoms with Gasteiger partial charge in [-0.2, -0.15) is 0 Å². The van der Waals surface area contributed by atoms with E-state index in [1.807, 2.05) is 74.5 Å². The number of para-hydroxylation sites is 1. The van der Waals surface area contributed by atoms with Crippen LogP contribution in [0, 0.1) is 6.92 Å². The van der Waals surface area contributed by atoms with Gasteiger partial charge in [0.2, 0.25) is 9.84 Å². The first-order valence-corrected chi connectivity index (χ1v) is 15.5. The monoisotopic (exact) mass is 592 g/mol. The molecule has 0 amide bonds. The molecule has 8 heteroatoms. The molecule has 0 unspecified atom stereocenters. The Morgan fingerprint density at radius 2 is 1.51 bits per heavy atom. The van der Waals surface area contributed by atoms with Gasteiger partial charge in [0.1, 0.15) is 5.69 Å². The number of sulfone groups is 1. The summed E-state index contributed by atoms with van der Waals surface area (Å²) in [6.45, 7) is 5.96. The van der Waals surface area contributed by atoms with Crippen molar-refractivity contribution >= 4 is 27.0 Å². The third-order valence-electron chi connectivity index (χ3n) is 7.37. The standard InChI is InChI=1S/C35H32N2O5S/c1-4-30(38)29-17-10-9-16-28(29)24-18-20-27(21-19-24)43(41,42)34-33(39)32(37(5-2)26-14-7-6-8-15-26)31(36-35(34)40)25-13-11-12-23(3)22-25/h6-22H,4-5H2,1-3H3,(H2,36,39,40). The van der Waals surface area contributed by atoms with Crippen molar-refractivity contribution in [3.05, 3.63) is 125 Å². The Kier molecular flexibility index (Phi) is 8.32. The molecule has 43 heavy (non-hydrogen) atoms. The molecule has 7 nitrogen and oxygen atoms in total. The van der Waals surface area contributed by atoms with Crippen LogP contribution in [-0.4, -0.2) is 30.8 Å². The quantitative estimate of drug-likeness (QED) is 0.174. The summed E-state index contributed by atoms with van der Waals surface area (Å²) in [6.07, 6.45) is 0.337. The van der Waals surface area contributed by atoms with E-state index >= 15 is 0 Å². The molecule has 5 rings (SSSR count). The van der Waals surface area contributed by atoms with Crippen LogP contribution in [0.4, 0.5) is 11.4 Å². The van der Waals surface area contributed by atoms with Gasteiger partial charge in [0.15, 0.2) is 16.4 Å². The molecule has 0 spiro atoms. The molecule has 2 N–H and O–H groups in total. The number of aromatic nitrogens is 1. The molecule has 0 atom stereocenters. The highest BCUT2D eigenvalue weighted by Crippen LogP contribution is 2.43. The first-order valence-electron chi connectivity index (χ1n) is 14.0. The van der Waals surface area contributed by atoms with Crippen molar-refractivity contribution in [2.24, 2.45) is 0 Å². The van der Waals surface area contributed by atoms with E-state index < -0.39 is 26.0 Å². The SMILES string of the molecule is CCC(=O)c1ccccc1-c1ccc(S(=O)(=O)c2c(O)c(N(CC)c3ccccc3)c(-c3cccc(C)c3)[nH]c2=O)cc1. The van der Waals surface area contributed by atoms with Crippen molar-refractivity contribution in [2.45, 2.75) is 37.0 Å². The Morgan fingerprint density at radius 1 is 0.837 bits per heavy atom. The van der Waals surface area contributed by atoms with E-state index in [0.717, 1.165) is 5.56 Å². The van der Waals surface area contributed by atoms with Gasteiger partial charge in [-0.05, 0) is 55.3 Å². The van der Waals surface area contributed by atoms with Crippen molar-refractivity contribution in [1.29, 1.82) is 0 Å². The first-order chi connectivity index (χ1) is 20.7. The lowest BCUT2D eigenvalue weighted by atomic mass is 9.96. The predicted molar refractivity (Wildman–Crippen MR) is 170 cm³/mol. The second-order valence-corrected chi connectivity index (χ2v) is 12.0. The number of nitrogens with one attached hydrogen (secondary N) is 1. The number of Topliss-reactive ketones (excluding diaryl/α,β-unsaturated/α-hetero) is 1. The maximum atomic E-state index is 14.0. The Labute approximate surface area is 251 Å². The van der Waals surface area contributed by atoms with Crippen molar-refractivity contribution in [3.63, 3.8) is 0 Å². The van der Waals surface area contributed by atoms with Gasteiger partial charge in [0, 0.05) is 29.8 Å². The molecular weight excluding hydrogens is 560 g/mol. The minimum Gasteiger partial charge on any atom is -0.504 e. The molecular formula is C35H32N2O5S. The summed E-state index contributed by atoms with van der Waals surface area (Å²) in [5.74, 6) is -0.655. The predicted octanol–water partition coefficient (Wildman–Crippen LogP) is 7.31. The van der Waals surface area contributed by atoms with E-state index in [0.29, 0.717) is 46.6 Å². The van der Waals surface area contributed by atoms with Crippen LogP contribution in [0.25, 0.3) is 22.4 Å². The van der Waals surface area contributed by atoms with Crippen LogP contribution in [0.5, 0.6) is 5.75 Å². The third-order valence-corrected chi connectivity index (χ3v) is 9.18. The van der Waals surface area contributed by atoms with E-state index in [2.05, 4.69) is 4.98 Å². The van der Waals surface area contributed by atoms with Crippen molar-refractivity contribution in [2.75, 3.05) is 11.4 Å². The third kappa shape index (κ3) is 5.61. The molecule has 0 saturated carbocycles. The van der Waals surface area contributed by atoms with E-state index in [1.54, 1.807) is 42.2 Å². The molecule has 0 radical (unpaired) electrons. The normalized spacial score (nSPS) is 11.3. The Hall–Kier alpha value is -4.95. The smallest absolute Gasteiger partial charge is 0.271 e. The van der Waals surface area contributed by atoms with Crippen molar-refractivity contribution in [1.82, 2.24) is 4.98 Å². The summed E-state index contributed by atoms with van der Waals surface area (Å²) < 4.78 is 28.0. The Bertz CT molecular complexity index is 1960. The van der Waals surface area contributed by atoms with Gasteiger partial charge < -0.3 is 15.0 Å². The highest BCUT2D eigenvalue weighted by atomic mass is 32.2. The minimum atomic E-state index is -4.47. The molecule has 0 aliphatic carbocycles. The van der Waals surface area contributed by atoms with Crippen LogP contribution in [0.15, 0.2) is 118 Å². The fourth-order valence-electron chi connectivity index (χ4n) is 5.26. The molecule has 218 valence electrons. The maximum absolute atomic E-state index is 14.0. The van der Waals surface area contributed by atoms with Crippen LogP contribution in [-0.2, 0) is 9.84 Å². The van der Waals surface area contributed by atoms with Crippen LogP contribution < -0.4 is 10.5 Å². The summed E-state index contributed by atoms with van der Waals surface area (Å²) >= 11 is 0. The van der Waals surface area contributed by atoms with Gasteiger partial charge in [0.25, 0.3) is 5.56 Å². The summed E-state index contributed by atoms with van der Waals surface area (Å²) in [5, 5.41) is 11.7. The zero-order valence-electron chi connectivity index (χ0n) is 24.2. The number of benzene rings is 4. The zero-order chi connectivity index (χ0) is 30.7. The van der Waals surface area contributed by atoms with Gasteiger partial charge >= 0.3 is 0 Å². The average molecular weight is 593 g/mol. The van der Waals surface area contributed by atoms with Crippen molar-refractivity contribution in [3.8, 4) is 28.1 Å². The fraction of sp³-hybridized carbons (Fsp3) is 0.143. The topological polar surface area (TPSA) is 108 Å². The molecule has 0 aliphatic heterocycles. The zero-order valence-corrected chi connectivity index (χ0v) is 25.0. The molecule has 5 aromatic rings. The number of aryl methyl sites for hydroxylation is 1. The first kappa shape index (κ1) is 29.5. The number of hydrogen-bond donors (Lipinski definition) is 2. The highest BCUT2D eigenvalue weighted by molar-refractivity contribution is 7.91. The number of nitrogens with zero attached hydrogens (tertiary/aromatic N) is 1. The number of carbonyl (C=O) groups is 1. The number of anilines is 2. The number of aromatic hydroxyl groups is 1. The van der Waals surface area contributed by atoms with Gasteiger partial charge in [-0.1, -0.05) is 85.3 Å². The summed E-state index contributed by atoms with van der Waals surface area (Å²) in [7, 11) is -4.47. The summed E-state index contributed by atoms with van der Waals surface area (Å²) in [4.78, 5) is 29.7. The van der Waals surface area contributed by atoms with Crippen LogP contribution in [0.2, 0.25) is 0 Å². The molecule has 1 heterocycles. The Balaban J connectivity index is 1.69. The number of rotatable bonds is 9. The molecule has 4 aromatic carbocycles. The summed E-state index contributed by atoms with van der Waals surface area (Å²) in [5.41, 5.74) is 3.74. The van der Waals surface area contributed by atoms with E-state index in [1.165, 1.54) is 12.1 Å². The van der Waals surface area contributed by atoms with Gasteiger partial charge in [-0.25, -0.2) is 8.42 Å². The van der Waals surface area contributed by atoms with E-state index in [9.17, 15) is 23.1 Å². The molecule has 0 bridgehead atoms. The number of pyridine rings is 1.